The first kappa shape index (κ1) is 19.5. The maximum atomic E-state index is 12.1. The molecule has 0 saturated carbocycles. The number of aryl methyl sites for hydroxylation is 1. The van der Waals surface area contributed by atoms with Gasteiger partial charge in [-0.2, -0.15) is 8.78 Å². The number of alkyl halides is 2. The average Bonchev–Trinajstić information content (AvgIpc) is 2.60. The largest absolute Gasteiger partial charge is 0.492 e. The van der Waals surface area contributed by atoms with Crippen molar-refractivity contribution in [3.05, 3.63) is 59.7 Å². The number of carbonyl (C=O) groups is 1. The van der Waals surface area contributed by atoms with E-state index in [1.165, 1.54) is 12.1 Å². The van der Waals surface area contributed by atoms with Crippen molar-refractivity contribution in [3.8, 4) is 11.5 Å². The standard InChI is InChI=1S/C19H22F2N2O3/c1-14-3-2-4-17(13-14)25-12-11-23-19(24)22-10-9-15-5-7-16(8-6-15)26-18(20)21/h2-8,13,18H,9-12H2,1H3,(H2,22,23,24). The molecular weight excluding hydrogens is 342 g/mol. The molecule has 0 aliphatic rings. The van der Waals surface area contributed by atoms with Crippen LogP contribution in [0.3, 0.4) is 0 Å². The average molecular weight is 364 g/mol. The summed E-state index contributed by atoms with van der Waals surface area (Å²) in [5.74, 6) is 0.884. The third kappa shape index (κ3) is 7.38. The molecule has 0 spiro atoms. The second kappa shape index (κ2) is 10.2. The Balaban J connectivity index is 1.58. The van der Waals surface area contributed by atoms with Crippen LogP contribution in [0.4, 0.5) is 13.6 Å². The summed E-state index contributed by atoms with van der Waals surface area (Å²) < 4.78 is 34.0. The van der Waals surface area contributed by atoms with Crippen LogP contribution in [0.5, 0.6) is 11.5 Å². The van der Waals surface area contributed by atoms with Crippen LogP contribution in [0.25, 0.3) is 0 Å². The Labute approximate surface area is 151 Å². The topological polar surface area (TPSA) is 59.6 Å². The van der Waals surface area contributed by atoms with Crippen molar-refractivity contribution < 1.29 is 23.0 Å². The Kier molecular flexibility index (Phi) is 7.67. The Morgan fingerprint density at radius 1 is 1.04 bits per heavy atom. The number of amides is 2. The third-order valence-corrected chi connectivity index (χ3v) is 3.49. The summed E-state index contributed by atoms with van der Waals surface area (Å²) in [6.45, 7) is 0.348. The van der Waals surface area contributed by atoms with Gasteiger partial charge in [-0.1, -0.05) is 24.3 Å². The fraction of sp³-hybridized carbons (Fsp3) is 0.316. The van der Waals surface area contributed by atoms with Crippen LogP contribution in [0.15, 0.2) is 48.5 Å². The van der Waals surface area contributed by atoms with E-state index in [4.69, 9.17) is 4.74 Å². The molecule has 7 heteroatoms. The molecule has 5 nitrogen and oxygen atoms in total. The highest BCUT2D eigenvalue weighted by Gasteiger charge is 2.04. The molecular formula is C19H22F2N2O3. The molecule has 2 aromatic carbocycles. The van der Waals surface area contributed by atoms with Crippen LogP contribution in [0.2, 0.25) is 0 Å². The van der Waals surface area contributed by atoms with E-state index in [0.29, 0.717) is 26.1 Å². The molecule has 0 heterocycles. The lowest BCUT2D eigenvalue weighted by molar-refractivity contribution is -0.0498. The van der Waals surface area contributed by atoms with Gasteiger partial charge in [0.05, 0.1) is 6.54 Å². The van der Waals surface area contributed by atoms with Crippen LogP contribution in [-0.2, 0) is 6.42 Å². The molecule has 2 N–H and O–H groups in total. The minimum atomic E-state index is -2.83. The fourth-order valence-corrected chi connectivity index (χ4v) is 2.26. The second-order valence-electron chi connectivity index (χ2n) is 5.62. The van der Waals surface area contributed by atoms with Gasteiger partial charge in [-0.3, -0.25) is 0 Å². The van der Waals surface area contributed by atoms with Gasteiger partial charge < -0.3 is 20.1 Å². The molecule has 0 unspecified atom stereocenters. The van der Waals surface area contributed by atoms with E-state index in [2.05, 4.69) is 15.4 Å². The highest BCUT2D eigenvalue weighted by molar-refractivity contribution is 5.73. The molecule has 2 rings (SSSR count). The summed E-state index contributed by atoms with van der Waals surface area (Å²) in [6, 6.07) is 13.7. The van der Waals surface area contributed by atoms with Crippen LogP contribution < -0.4 is 20.1 Å². The predicted octanol–water partition coefficient (Wildman–Crippen LogP) is 3.52. The monoisotopic (exact) mass is 364 g/mol. The van der Waals surface area contributed by atoms with Crippen molar-refractivity contribution in [2.75, 3.05) is 19.7 Å². The number of carbonyl (C=O) groups excluding carboxylic acids is 1. The zero-order valence-corrected chi connectivity index (χ0v) is 14.5. The van der Waals surface area contributed by atoms with Gasteiger partial charge in [0.25, 0.3) is 0 Å². The van der Waals surface area contributed by atoms with Crippen molar-refractivity contribution in [2.45, 2.75) is 20.0 Å². The van der Waals surface area contributed by atoms with Gasteiger partial charge in [0, 0.05) is 6.54 Å². The summed E-state index contributed by atoms with van der Waals surface area (Å²) in [6.07, 6.45) is 0.585. The van der Waals surface area contributed by atoms with Crippen molar-refractivity contribution in [1.82, 2.24) is 10.6 Å². The lowest BCUT2D eigenvalue weighted by Gasteiger charge is -2.10. The summed E-state index contributed by atoms with van der Waals surface area (Å²) in [5, 5.41) is 5.44. The summed E-state index contributed by atoms with van der Waals surface area (Å²) >= 11 is 0. The molecule has 2 aromatic rings. The van der Waals surface area contributed by atoms with E-state index in [1.54, 1.807) is 12.1 Å². The van der Waals surface area contributed by atoms with Gasteiger partial charge in [-0.05, 0) is 48.7 Å². The maximum absolute atomic E-state index is 12.1. The van der Waals surface area contributed by atoms with Crippen LogP contribution in [0.1, 0.15) is 11.1 Å². The van der Waals surface area contributed by atoms with E-state index in [1.807, 2.05) is 31.2 Å². The smallest absolute Gasteiger partial charge is 0.387 e. The molecule has 0 saturated heterocycles. The third-order valence-electron chi connectivity index (χ3n) is 3.49. The maximum Gasteiger partial charge on any atom is 0.387 e. The molecule has 0 aliphatic carbocycles. The number of ether oxygens (including phenoxy) is 2. The molecule has 2 amide bonds. The summed E-state index contributed by atoms with van der Waals surface area (Å²) in [7, 11) is 0. The van der Waals surface area contributed by atoms with Gasteiger partial charge in [-0.25, -0.2) is 4.79 Å². The van der Waals surface area contributed by atoms with E-state index < -0.39 is 6.61 Å². The highest BCUT2D eigenvalue weighted by atomic mass is 19.3. The summed E-state index contributed by atoms with van der Waals surface area (Å²) in [5.41, 5.74) is 2.02. The Morgan fingerprint density at radius 2 is 1.77 bits per heavy atom. The number of benzene rings is 2. The van der Waals surface area contributed by atoms with Crippen molar-refractivity contribution in [3.63, 3.8) is 0 Å². The first-order chi connectivity index (χ1) is 12.5. The van der Waals surface area contributed by atoms with Crippen LogP contribution >= 0.6 is 0 Å². The minimum absolute atomic E-state index is 0.114. The molecule has 0 bridgehead atoms. The molecule has 0 atom stereocenters. The Bertz CT molecular complexity index is 693. The van der Waals surface area contributed by atoms with Gasteiger partial charge in [0.1, 0.15) is 18.1 Å². The number of hydrogen-bond donors (Lipinski definition) is 2. The number of halogens is 2. The molecule has 0 aromatic heterocycles. The zero-order valence-electron chi connectivity index (χ0n) is 14.5. The normalized spacial score (nSPS) is 10.5. The number of nitrogens with one attached hydrogen (secondary N) is 2. The minimum Gasteiger partial charge on any atom is -0.492 e. The summed E-state index contributed by atoms with van der Waals surface area (Å²) in [4.78, 5) is 11.7. The number of rotatable bonds is 9. The van der Waals surface area contributed by atoms with E-state index >= 15 is 0 Å². The fourth-order valence-electron chi connectivity index (χ4n) is 2.26. The first-order valence-electron chi connectivity index (χ1n) is 8.28. The van der Waals surface area contributed by atoms with Gasteiger partial charge >= 0.3 is 12.6 Å². The van der Waals surface area contributed by atoms with Crippen molar-refractivity contribution in [1.29, 1.82) is 0 Å². The molecule has 0 aliphatic heterocycles. The van der Waals surface area contributed by atoms with Gasteiger partial charge in [0.2, 0.25) is 0 Å². The quantitative estimate of drug-likeness (QED) is 0.670. The lowest BCUT2D eigenvalue weighted by atomic mass is 10.1. The second-order valence-corrected chi connectivity index (χ2v) is 5.62. The number of urea groups is 1. The zero-order chi connectivity index (χ0) is 18.8. The van der Waals surface area contributed by atoms with E-state index in [-0.39, 0.29) is 11.8 Å². The SMILES string of the molecule is Cc1cccc(OCCNC(=O)NCCc2ccc(OC(F)F)cc2)c1. The van der Waals surface area contributed by atoms with Crippen LogP contribution in [-0.4, -0.2) is 32.3 Å². The van der Waals surface area contributed by atoms with Crippen LogP contribution in [0, 0.1) is 6.92 Å². The lowest BCUT2D eigenvalue weighted by Crippen LogP contribution is -2.38. The Hall–Kier alpha value is -2.83. The Morgan fingerprint density at radius 3 is 2.46 bits per heavy atom. The van der Waals surface area contributed by atoms with Gasteiger partial charge in [-0.15, -0.1) is 0 Å². The number of hydrogen-bond acceptors (Lipinski definition) is 3. The van der Waals surface area contributed by atoms with Gasteiger partial charge in [0.15, 0.2) is 0 Å². The van der Waals surface area contributed by atoms with E-state index in [9.17, 15) is 13.6 Å². The predicted molar refractivity (Wildman–Crippen MR) is 94.9 cm³/mol. The van der Waals surface area contributed by atoms with Crippen molar-refractivity contribution in [2.24, 2.45) is 0 Å². The highest BCUT2D eigenvalue weighted by Crippen LogP contribution is 2.15. The molecule has 140 valence electrons. The molecule has 26 heavy (non-hydrogen) atoms. The molecule has 0 fully saturated rings. The van der Waals surface area contributed by atoms with Crippen molar-refractivity contribution >= 4 is 6.03 Å². The first-order valence-corrected chi connectivity index (χ1v) is 8.28. The molecule has 0 radical (unpaired) electrons. The van der Waals surface area contributed by atoms with E-state index in [0.717, 1.165) is 16.9 Å².